The van der Waals surface area contributed by atoms with Crippen LogP contribution in [-0.4, -0.2) is 31.4 Å². The summed E-state index contributed by atoms with van der Waals surface area (Å²) in [4.78, 5) is 1.43. The van der Waals surface area contributed by atoms with E-state index in [1.807, 2.05) is 11.3 Å². The van der Waals surface area contributed by atoms with Crippen LogP contribution in [0.15, 0.2) is 17.5 Å². The van der Waals surface area contributed by atoms with Crippen molar-refractivity contribution in [3.63, 3.8) is 0 Å². The average molecular weight is 316 g/mol. The Kier molecular flexibility index (Phi) is 4.58. The summed E-state index contributed by atoms with van der Waals surface area (Å²) in [5.74, 6) is 0.911. The van der Waals surface area contributed by atoms with E-state index >= 15 is 0 Å². The van der Waals surface area contributed by atoms with Crippen molar-refractivity contribution in [1.82, 2.24) is 5.32 Å². The third kappa shape index (κ3) is 2.66. The molecule has 2 unspecified atom stereocenters. The van der Waals surface area contributed by atoms with Crippen LogP contribution in [0.1, 0.15) is 38.5 Å². The summed E-state index contributed by atoms with van der Waals surface area (Å²) >= 11 is 1.83. The normalized spacial score (nSPS) is 31.3. The molecule has 1 N–H and O–H groups in total. The SMILES string of the molecule is CC1(C)OB(C2CNCC2c2cccs2)OC1(C)C.Cl. The standard InChI is InChI=1S/C14H22BNO2S.ClH/c1-13(2)14(3,4)18-15(17-13)11-9-16-8-10(11)12-6-5-7-19-12;/h5-7,10-11,16H,8-9H2,1-4H3;1H. The Hall–Kier alpha value is -0.0651. The van der Waals surface area contributed by atoms with Crippen LogP contribution >= 0.6 is 23.7 Å². The lowest BCUT2D eigenvalue weighted by atomic mass is 9.66. The maximum absolute atomic E-state index is 6.22. The van der Waals surface area contributed by atoms with Gasteiger partial charge in [0, 0.05) is 23.2 Å². The van der Waals surface area contributed by atoms with E-state index in [1.54, 1.807) is 0 Å². The molecule has 112 valence electrons. The Morgan fingerprint density at radius 3 is 2.40 bits per heavy atom. The van der Waals surface area contributed by atoms with Crippen molar-refractivity contribution in [1.29, 1.82) is 0 Å². The molecule has 2 aliphatic heterocycles. The highest BCUT2D eigenvalue weighted by Gasteiger charge is 2.55. The van der Waals surface area contributed by atoms with Gasteiger partial charge in [-0.2, -0.15) is 0 Å². The number of nitrogens with one attached hydrogen (secondary N) is 1. The van der Waals surface area contributed by atoms with E-state index in [4.69, 9.17) is 9.31 Å². The lowest BCUT2D eigenvalue weighted by molar-refractivity contribution is 0.00578. The van der Waals surface area contributed by atoms with Crippen LogP contribution in [0.5, 0.6) is 0 Å². The van der Waals surface area contributed by atoms with E-state index in [1.165, 1.54) is 4.88 Å². The minimum atomic E-state index is -0.236. The lowest BCUT2D eigenvalue weighted by Gasteiger charge is -2.32. The van der Waals surface area contributed by atoms with Crippen molar-refractivity contribution in [3.05, 3.63) is 22.4 Å². The second kappa shape index (κ2) is 5.62. The predicted octanol–water partition coefficient (Wildman–Crippen LogP) is 3.32. The first-order valence-electron chi connectivity index (χ1n) is 7.00. The topological polar surface area (TPSA) is 30.5 Å². The van der Waals surface area contributed by atoms with Gasteiger partial charge in [0.05, 0.1) is 11.2 Å². The first-order valence-corrected chi connectivity index (χ1v) is 7.88. The molecule has 3 heterocycles. The molecule has 2 saturated heterocycles. The lowest BCUT2D eigenvalue weighted by Crippen LogP contribution is -2.41. The predicted molar refractivity (Wildman–Crippen MR) is 87.0 cm³/mol. The van der Waals surface area contributed by atoms with Gasteiger partial charge in [-0.25, -0.2) is 0 Å². The van der Waals surface area contributed by atoms with Crippen LogP contribution in [0, 0.1) is 0 Å². The van der Waals surface area contributed by atoms with Crippen LogP contribution in [0.2, 0.25) is 5.82 Å². The quantitative estimate of drug-likeness (QED) is 0.849. The number of hydrogen-bond acceptors (Lipinski definition) is 4. The van der Waals surface area contributed by atoms with Crippen molar-refractivity contribution in [3.8, 4) is 0 Å². The molecule has 0 amide bonds. The minimum Gasteiger partial charge on any atom is -0.403 e. The van der Waals surface area contributed by atoms with E-state index < -0.39 is 0 Å². The summed E-state index contributed by atoms with van der Waals surface area (Å²) in [5, 5.41) is 5.64. The Bertz CT molecular complexity index is 436. The van der Waals surface area contributed by atoms with E-state index in [9.17, 15) is 0 Å². The molecule has 3 nitrogen and oxygen atoms in total. The molecule has 0 spiro atoms. The maximum atomic E-state index is 6.22. The van der Waals surface area contributed by atoms with E-state index in [-0.39, 0.29) is 30.7 Å². The molecule has 0 aliphatic carbocycles. The second-order valence-electron chi connectivity index (χ2n) is 6.57. The van der Waals surface area contributed by atoms with Gasteiger partial charge in [-0.05, 0) is 45.7 Å². The molecule has 1 aromatic rings. The summed E-state index contributed by atoms with van der Waals surface area (Å²) in [5.41, 5.74) is -0.472. The number of halogens is 1. The highest BCUT2D eigenvalue weighted by molar-refractivity contribution is 7.10. The summed E-state index contributed by atoms with van der Waals surface area (Å²) in [6, 6.07) is 4.35. The zero-order valence-corrected chi connectivity index (χ0v) is 14.1. The molecule has 3 rings (SSSR count). The van der Waals surface area contributed by atoms with E-state index in [0.29, 0.717) is 11.7 Å². The Morgan fingerprint density at radius 2 is 1.85 bits per heavy atom. The van der Waals surface area contributed by atoms with Crippen molar-refractivity contribution >= 4 is 30.9 Å². The van der Waals surface area contributed by atoms with Crippen LogP contribution in [0.3, 0.4) is 0 Å². The molecule has 20 heavy (non-hydrogen) atoms. The minimum absolute atomic E-state index is 0. The van der Waals surface area contributed by atoms with Gasteiger partial charge in [0.15, 0.2) is 0 Å². The smallest absolute Gasteiger partial charge is 0.403 e. The highest BCUT2D eigenvalue weighted by atomic mass is 35.5. The number of rotatable bonds is 2. The van der Waals surface area contributed by atoms with Gasteiger partial charge < -0.3 is 14.6 Å². The number of thiophene rings is 1. The molecule has 2 aliphatic rings. The highest BCUT2D eigenvalue weighted by Crippen LogP contribution is 2.45. The molecule has 2 fully saturated rings. The molecule has 2 atom stereocenters. The molecular formula is C14H23BClNO2S. The van der Waals surface area contributed by atoms with Crippen molar-refractivity contribution < 1.29 is 9.31 Å². The van der Waals surface area contributed by atoms with E-state index in [2.05, 4.69) is 50.5 Å². The van der Waals surface area contributed by atoms with Crippen molar-refractivity contribution in [2.24, 2.45) is 0 Å². The molecule has 0 aromatic carbocycles. The largest absolute Gasteiger partial charge is 0.463 e. The van der Waals surface area contributed by atoms with Gasteiger partial charge in [0.1, 0.15) is 0 Å². The van der Waals surface area contributed by atoms with Gasteiger partial charge in [-0.1, -0.05) is 6.07 Å². The molecule has 0 bridgehead atoms. The monoisotopic (exact) mass is 315 g/mol. The average Bonchev–Trinajstić information content (AvgIpc) is 3.00. The van der Waals surface area contributed by atoms with Crippen molar-refractivity contribution in [2.75, 3.05) is 13.1 Å². The third-order valence-electron chi connectivity index (χ3n) is 4.79. The first kappa shape index (κ1) is 16.3. The van der Waals surface area contributed by atoms with Crippen LogP contribution < -0.4 is 5.32 Å². The van der Waals surface area contributed by atoms with Crippen LogP contribution in [0.4, 0.5) is 0 Å². The summed E-state index contributed by atoms with van der Waals surface area (Å²) < 4.78 is 12.4. The van der Waals surface area contributed by atoms with Gasteiger partial charge >= 0.3 is 7.12 Å². The van der Waals surface area contributed by atoms with Gasteiger partial charge in [0.25, 0.3) is 0 Å². The fraction of sp³-hybridized carbons (Fsp3) is 0.714. The molecular weight excluding hydrogens is 292 g/mol. The molecule has 1 aromatic heterocycles. The number of hydrogen-bond donors (Lipinski definition) is 1. The summed E-state index contributed by atoms with van der Waals surface area (Å²) in [6.07, 6.45) is 0. The van der Waals surface area contributed by atoms with Crippen LogP contribution in [0.25, 0.3) is 0 Å². The van der Waals surface area contributed by atoms with Gasteiger partial charge in [-0.15, -0.1) is 23.7 Å². The van der Waals surface area contributed by atoms with Crippen LogP contribution in [-0.2, 0) is 9.31 Å². The Morgan fingerprint density at radius 1 is 1.20 bits per heavy atom. The second-order valence-corrected chi connectivity index (χ2v) is 7.55. The Labute approximate surface area is 132 Å². The molecule has 0 radical (unpaired) electrons. The van der Waals surface area contributed by atoms with Gasteiger partial charge in [0.2, 0.25) is 0 Å². The zero-order chi connectivity index (χ0) is 13.7. The van der Waals surface area contributed by atoms with Gasteiger partial charge in [-0.3, -0.25) is 0 Å². The third-order valence-corrected chi connectivity index (χ3v) is 5.80. The van der Waals surface area contributed by atoms with E-state index in [0.717, 1.165) is 13.1 Å². The zero-order valence-electron chi connectivity index (χ0n) is 12.5. The molecule has 0 saturated carbocycles. The first-order chi connectivity index (χ1) is 8.91. The fourth-order valence-corrected chi connectivity index (χ4v) is 3.77. The fourth-order valence-electron chi connectivity index (χ4n) is 2.86. The summed E-state index contributed by atoms with van der Waals surface area (Å²) in [7, 11) is -0.105. The Balaban J connectivity index is 0.00000147. The summed E-state index contributed by atoms with van der Waals surface area (Å²) in [6.45, 7) is 10.5. The maximum Gasteiger partial charge on any atom is 0.463 e. The molecule has 6 heteroatoms. The van der Waals surface area contributed by atoms with Crippen molar-refractivity contribution in [2.45, 2.75) is 50.6 Å².